The van der Waals surface area contributed by atoms with Gasteiger partial charge in [-0.05, 0) is 35.2 Å². The van der Waals surface area contributed by atoms with Gasteiger partial charge in [0.05, 0.1) is 5.69 Å². The van der Waals surface area contributed by atoms with Gasteiger partial charge in [0, 0.05) is 17.7 Å². The quantitative estimate of drug-likeness (QED) is 0.677. The molecule has 116 valence electrons. The molecule has 2 heteroatoms. The number of aromatic hydroxyl groups is 1. The summed E-state index contributed by atoms with van der Waals surface area (Å²) in [4.78, 5) is 4.37. The van der Waals surface area contributed by atoms with Gasteiger partial charge in [0.1, 0.15) is 5.75 Å². The molecule has 23 heavy (non-hydrogen) atoms. The number of aromatic nitrogens is 1. The highest BCUT2D eigenvalue weighted by Crippen LogP contribution is 2.36. The van der Waals surface area contributed by atoms with Crippen molar-refractivity contribution in [1.82, 2.24) is 4.98 Å². The summed E-state index contributed by atoms with van der Waals surface area (Å²) in [5, 5.41) is 10.6. The zero-order valence-electron chi connectivity index (χ0n) is 13.5. The molecule has 1 N–H and O–H groups in total. The van der Waals surface area contributed by atoms with Crippen LogP contribution in [0.5, 0.6) is 5.75 Å². The largest absolute Gasteiger partial charge is 0.505 e. The van der Waals surface area contributed by atoms with Crippen LogP contribution in [0.25, 0.3) is 22.3 Å². The second kappa shape index (κ2) is 6.66. The predicted octanol–water partition coefficient (Wildman–Crippen LogP) is 5.63. The number of pyridine rings is 1. The van der Waals surface area contributed by atoms with Gasteiger partial charge < -0.3 is 5.11 Å². The lowest BCUT2D eigenvalue weighted by molar-refractivity contribution is 0.458. The lowest BCUT2D eigenvalue weighted by Gasteiger charge is -2.14. The van der Waals surface area contributed by atoms with E-state index >= 15 is 0 Å². The van der Waals surface area contributed by atoms with Crippen molar-refractivity contribution in [3.05, 3.63) is 72.6 Å². The molecule has 3 aromatic rings. The van der Waals surface area contributed by atoms with E-state index < -0.39 is 0 Å². The van der Waals surface area contributed by atoms with Crippen LogP contribution in [-0.4, -0.2) is 10.1 Å². The van der Waals surface area contributed by atoms with Gasteiger partial charge in [-0.15, -0.1) is 0 Å². The zero-order valence-corrected chi connectivity index (χ0v) is 13.5. The van der Waals surface area contributed by atoms with Crippen LogP contribution in [0.15, 0.2) is 66.9 Å². The Morgan fingerprint density at radius 1 is 0.913 bits per heavy atom. The van der Waals surface area contributed by atoms with Gasteiger partial charge in [0.25, 0.3) is 0 Å². The number of hydrogen-bond donors (Lipinski definition) is 1. The molecule has 2 aromatic carbocycles. The fourth-order valence-corrected chi connectivity index (χ4v) is 2.75. The van der Waals surface area contributed by atoms with Gasteiger partial charge in [-0.1, -0.05) is 62.4 Å². The molecule has 1 unspecified atom stereocenters. The third-order valence-corrected chi connectivity index (χ3v) is 4.31. The van der Waals surface area contributed by atoms with Crippen molar-refractivity contribution in [2.45, 2.75) is 26.2 Å². The molecule has 0 aliphatic rings. The zero-order chi connectivity index (χ0) is 16.2. The normalized spacial score (nSPS) is 12.1. The molecular weight excluding hydrogens is 282 g/mol. The van der Waals surface area contributed by atoms with E-state index in [1.807, 2.05) is 36.4 Å². The standard InChI is InChI=1S/C21H21NO/c1-3-15(2)20-21(23)19(12-13-22-20)18-11-7-10-17(14-18)16-8-5-4-6-9-16/h4-15,23H,3H2,1-2H3. The third-order valence-electron chi connectivity index (χ3n) is 4.31. The molecule has 0 spiro atoms. The summed E-state index contributed by atoms with van der Waals surface area (Å²) in [5.41, 5.74) is 4.94. The summed E-state index contributed by atoms with van der Waals surface area (Å²) < 4.78 is 0. The maximum Gasteiger partial charge on any atom is 0.145 e. The lowest BCUT2D eigenvalue weighted by atomic mass is 9.96. The van der Waals surface area contributed by atoms with Crippen molar-refractivity contribution in [3.8, 4) is 28.0 Å². The highest BCUT2D eigenvalue weighted by atomic mass is 16.3. The molecule has 0 aliphatic heterocycles. The Bertz CT molecular complexity index is 796. The molecule has 0 saturated heterocycles. The van der Waals surface area contributed by atoms with E-state index in [0.29, 0.717) is 5.75 Å². The third kappa shape index (κ3) is 3.11. The van der Waals surface area contributed by atoms with Gasteiger partial charge in [-0.3, -0.25) is 4.98 Å². The van der Waals surface area contributed by atoms with Crippen LogP contribution in [0.3, 0.4) is 0 Å². The average Bonchev–Trinajstić information content (AvgIpc) is 2.62. The smallest absolute Gasteiger partial charge is 0.145 e. The molecule has 0 fully saturated rings. The molecule has 0 aliphatic carbocycles. The van der Waals surface area contributed by atoms with Crippen molar-refractivity contribution in [2.24, 2.45) is 0 Å². The molecule has 0 bridgehead atoms. The molecule has 0 saturated carbocycles. The second-order valence-corrected chi connectivity index (χ2v) is 5.85. The topological polar surface area (TPSA) is 33.1 Å². The summed E-state index contributed by atoms with van der Waals surface area (Å²) >= 11 is 0. The minimum absolute atomic E-state index is 0.243. The fraction of sp³-hybridized carbons (Fsp3) is 0.190. The maximum absolute atomic E-state index is 10.6. The highest BCUT2D eigenvalue weighted by molar-refractivity contribution is 5.76. The van der Waals surface area contributed by atoms with Gasteiger partial charge >= 0.3 is 0 Å². The van der Waals surface area contributed by atoms with E-state index in [1.165, 1.54) is 5.56 Å². The summed E-state index contributed by atoms with van der Waals surface area (Å²) in [5.74, 6) is 0.541. The van der Waals surface area contributed by atoms with E-state index in [-0.39, 0.29) is 5.92 Å². The minimum Gasteiger partial charge on any atom is -0.505 e. The van der Waals surface area contributed by atoms with Gasteiger partial charge in [-0.2, -0.15) is 0 Å². The van der Waals surface area contributed by atoms with Gasteiger partial charge in [0.2, 0.25) is 0 Å². The first kappa shape index (κ1) is 15.3. The summed E-state index contributed by atoms with van der Waals surface area (Å²) in [6.07, 6.45) is 2.74. The van der Waals surface area contributed by atoms with Crippen LogP contribution >= 0.6 is 0 Å². The minimum atomic E-state index is 0.243. The van der Waals surface area contributed by atoms with E-state index in [9.17, 15) is 5.11 Å². The lowest BCUT2D eigenvalue weighted by Crippen LogP contribution is -1.97. The van der Waals surface area contributed by atoms with E-state index in [2.05, 4.69) is 43.1 Å². The molecule has 2 nitrogen and oxygen atoms in total. The first-order valence-corrected chi connectivity index (χ1v) is 8.04. The summed E-state index contributed by atoms with van der Waals surface area (Å²) in [7, 11) is 0. The number of hydrogen-bond acceptors (Lipinski definition) is 2. The molecule has 0 radical (unpaired) electrons. The molecular formula is C21H21NO. The van der Waals surface area contributed by atoms with Gasteiger partial charge in [-0.25, -0.2) is 0 Å². The monoisotopic (exact) mass is 303 g/mol. The Labute approximate surface area is 137 Å². The Kier molecular flexibility index (Phi) is 4.42. The maximum atomic E-state index is 10.6. The first-order chi connectivity index (χ1) is 11.2. The predicted molar refractivity (Wildman–Crippen MR) is 95.5 cm³/mol. The van der Waals surface area contributed by atoms with E-state index in [1.54, 1.807) is 6.20 Å². The Hall–Kier alpha value is -2.61. The summed E-state index contributed by atoms with van der Waals surface area (Å²) in [6.45, 7) is 4.20. The van der Waals surface area contributed by atoms with Crippen molar-refractivity contribution < 1.29 is 5.11 Å². The Morgan fingerprint density at radius 2 is 1.61 bits per heavy atom. The molecule has 1 atom stereocenters. The molecule has 0 amide bonds. The van der Waals surface area contributed by atoms with Crippen LogP contribution in [0, 0.1) is 0 Å². The van der Waals surface area contributed by atoms with Crippen molar-refractivity contribution >= 4 is 0 Å². The SMILES string of the molecule is CCC(C)c1nccc(-c2cccc(-c3ccccc3)c2)c1O. The van der Waals surface area contributed by atoms with Crippen LogP contribution in [-0.2, 0) is 0 Å². The molecule has 1 aromatic heterocycles. The van der Waals surface area contributed by atoms with Crippen molar-refractivity contribution in [2.75, 3.05) is 0 Å². The molecule has 3 rings (SSSR count). The van der Waals surface area contributed by atoms with Crippen LogP contribution < -0.4 is 0 Å². The van der Waals surface area contributed by atoms with E-state index in [4.69, 9.17) is 0 Å². The first-order valence-electron chi connectivity index (χ1n) is 8.04. The van der Waals surface area contributed by atoms with Crippen molar-refractivity contribution in [3.63, 3.8) is 0 Å². The highest BCUT2D eigenvalue weighted by Gasteiger charge is 2.15. The van der Waals surface area contributed by atoms with Crippen LogP contribution in [0.2, 0.25) is 0 Å². The van der Waals surface area contributed by atoms with Crippen molar-refractivity contribution in [1.29, 1.82) is 0 Å². The number of benzene rings is 2. The van der Waals surface area contributed by atoms with Crippen LogP contribution in [0.4, 0.5) is 0 Å². The average molecular weight is 303 g/mol. The second-order valence-electron chi connectivity index (χ2n) is 5.85. The van der Waals surface area contributed by atoms with Crippen LogP contribution in [0.1, 0.15) is 31.9 Å². The number of nitrogens with zero attached hydrogens (tertiary/aromatic N) is 1. The van der Waals surface area contributed by atoms with Gasteiger partial charge in [0.15, 0.2) is 0 Å². The van der Waals surface area contributed by atoms with E-state index in [0.717, 1.165) is 28.8 Å². The summed E-state index contributed by atoms with van der Waals surface area (Å²) in [6, 6.07) is 20.4. The Balaban J connectivity index is 2.06. The Morgan fingerprint density at radius 3 is 2.35 bits per heavy atom. The fourth-order valence-electron chi connectivity index (χ4n) is 2.75. The molecule has 1 heterocycles. The number of rotatable bonds is 4.